The Morgan fingerprint density at radius 3 is 2.48 bits per heavy atom. The van der Waals surface area contributed by atoms with Crippen molar-refractivity contribution in [3.05, 3.63) is 74.0 Å². The lowest BCUT2D eigenvalue weighted by Crippen LogP contribution is -2.04. The number of benzene rings is 1. The quantitative estimate of drug-likeness (QED) is 0.548. The lowest BCUT2D eigenvalue weighted by atomic mass is 10.1. The van der Waals surface area contributed by atoms with Crippen molar-refractivity contribution in [2.24, 2.45) is 0 Å². The van der Waals surface area contributed by atoms with Crippen LogP contribution in [0.4, 0.5) is 0 Å². The van der Waals surface area contributed by atoms with E-state index in [0.717, 1.165) is 22.6 Å². The van der Waals surface area contributed by atoms with Crippen molar-refractivity contribution in [2.75, 3.05) is 6.61 Å². The number of aromatic hydroxyl groups is 1. The SMILES string of the molecule is O=C(O)Cc1ccc(CCOc2ccc(Cc3sc(=O)[nH]c3O)cc2)nc1. The number of aromatic amines is 1. The third-order valence-electron chi connectivity index (χ3n) is 3.86. The van der Waals surface area contributed by atoms with Gasteiger partial charge in [-0.3, -0.25) is 19.6 Å². The molecule has 140 valence electrons. The molecule has 3 aromatic rings. The second kappa shape index (κ2) is 8.50. The highest BCUT2D eigenvalue weighted by atomic mass is 32.1. The van der Waals surface area contributed by atoms with Gasteiger partial charge in [0.15, 0.2) is 0 Å². The first kappa shape index (κ1) is 18.7. The van der Waals surface area contributed by atoms with Gasteiger partial charge in [0.2, 0.25) is 5.88 Å². The molecule has 8 heteroatoms. The van der Waals surface area contributed by atoms with Crippen LogP contribution in [-0.2, 0) is 24.1 Å². The maximum absolute atomic E-state index is 11.2. The Labute approximate surface area is 158 Å². The molecule has 0 aliphatic rings. The van der Waals surface area contributed by atoms with Gasteiger partial charge in [0.25, 0.3) is 0 Å². The van der Waals surface area contributed by atoms with Gasteiger partial charge >= 0.3 is 10.8 Å². The summed E-state index contributed by atoms with van der Waals surface area (Å²) in [5, 5.41) is 18.4. The van der Waals surface area contributed by atoms with Crippen LogP contribution in [0.25, 0.3) is 0 Å². The number of thiazole rings is 1. The van der Waals surface area contributed by atoms with Crippen LogP contribution in [0.5, 0.6) is 11.6 Å². The molecule has 0 amide bonds. The van der Waals surface area contributed by atoms with Crippen LogP contribution in [0.1, 0.15) is 21.7 Å². The second-order valence-electron chi connectivity index (χ2n) is 5.93. The van der Waals surface area contributed by atoms with Gasteiger partial charge in [-0.1, -0.05) is 29.5 Å². The molecule has 0 saturated carbocycles. The van der Waals surface area contributed by atoms with Crippen molar-refractivity contribution >= 4 is 17.3 Å². The van der Waals surface area contributed by atoms with Crippen LogP contribution < -0.4 is 9.61 Å². The minimum atomic E-state index is -0.878. The number of carboxylic acid groups (broad SMARTS) is 1. The van der Waals surface area contributed by atoms with Crippen LogP contribution >= 0.6 is 11.3 Å². The van der Waals surface area contributed by atoms with E-state index in [1.54, 1.807) is 18.3 Å². The van der Waals surface area contributed by atoms with Gasteiger partial charge < -0.3 is 14.9 Å². The van der Waals surface area contributed by atoms with Crippen molar-refractivity contribution in [2.45, 2.75) is 19.3 Å². The minimum absolute atomic E-state index is 0.0342. The number of nitrogens with one attached hydrogen (secondary N) is 1. The average molecular weight is 386 g/mol. The fourth-order valence-corrected chi connectivity index (χ4v) is 3.27. The number of hydrogen-bond acceptors (Lipinski definition) is 6. The van der Waals surface area contributed by atoms with Crippen molar-refractivity contribution in [3.8, 4) is 11.6 Å². The highest BCUT2D eigenvalue weighted by molar-refractivity contribution is 7.09. The van der Waals surface area contributed by atoms with Crippen molar-refractivity contribution in [1.29, 1.82) is 0 Å². The molecule has 0 atom stereocenters. The van der Waals surface area contributed by atoms with E-state index in [0.29, 0.717) is 35.6 Å². The summed E-state index contributed by atoms with van der Waals surface area (Å²) in [6.45, 7) is 0.449. The molecular weight excluding hydrogens is 368 g/mol. The summed E-state index contributed by atoms with van der Waals surface area (Å²) in [6, 6.07) is 11.0. The number of H-pyrrole nitrogens is 1. The van der Waals surface area contributed by atoms with E-state index in [1.807, 2.05) is 24.3 Å². The van der Waals surface area contributed by atoms with Crippen LogP contribution in [0.2, 0.25) is 0 Å². The van der Waals surface area contributed by atoms with Gasteiger partial charge in [0.05, 0.1) is 17.9 Å². The minimum Gasteiger partial charge on any atom is -0.494 e. The number of carboxylic acids is 1. The second-order valence-corrected chi connectivity index (χ2v) is 7.00. The van der Waals surface area contributed by atoms with Crippen LogP contribution in [0, 0.1) is 0 Å². The maximum atomic E-state index is 11.2. The van der Waals surface area contributed by atoms with Crippen molar-refractivity contribution in [3.63, 3.8) is 0 Å². The predicted octanol–water partition coefficient (Wildman–Crippen LogP) is 2.38. The number of aliphatic carboxylic acids is 1. The normalized spacial score (nSPS) is 10.7. The Kier molecular flexibility index (Phi) is 5.87. The Morgan fingerprint density at radius 2 is 1.89 bits per heavy atom. The molecule has 0 bridgehead atoms. The topological polar surface area (TPSA) is 113 Å². The molecule has 0 aliphatic carbocycles. The van der Waals surface area contributed by atoms with Gasteiger partial charge in [-0.15, -0.1) is 0 Å². The standard InChI is InChI=1S/C19H18N2O5S/c22-17(23)10-13-1-4-14(20-11-13)7-8-26-15-5-2-12(3-6-15)9-16-18(24)21-19(25)27-16/h1-6,11,24H,7-10H2,(H,21,25)(H,22,23). The number of carbonyl (C=O) groups is 1. The molecule has 1 aromatic carbocycles. The van der Waals surface area contributed by atoms with Gasteiger partial charge in [-0.2, -0.15) is 0 Å². The summed E-state index contributed by atoms with van der Waals surface area (Å²) in [5.74, 6) is -0.239. The molecule has 0 fully saturated rings. The predicted molar refractivity (Wildman–Crippen MR) is 101 cm³/mol. The summed E-state index contributed by atoms with van der Waals surface area (Å²) in [7, 11) is 0. The monoisotopic (exact) mass is 386 g/mol. The van der Waals surface area contributed by atoms with E-state index < -0.39 is 5.97 Å². The summed E-state index contributed by atoms with van der Waals surface area (Å²) < 4.78 is 5.70. The van der Waals surface area contributed by atoms with Gasteiger partial charge in [-0.05, 0) is 29.3 Å². The van der Waals surface area contributed by atoms with Crippen molar-refractivity contribution < 1.29 is 19.7 Å². The number of pyridine rings is 1. The largest absolute Gasteiger partial charge is 0.494 e. The fraction of sp³-hybridized carbons (Fsp3) is 0.211. The molecule has 2 aromatic heterocycles. The molecule has 27 heavy (non-hydrogen) atoms. The molecule has 3 rings (SSSR count). The number of nitrogens with zero attached hydrogens (tertiary/aromatic N) is 1. The molecule has 7 nitrogen and oxygen atoms in total. The molecule has 0 spiro atoms. The zero-order valence-corrected chi connectivity index (χ0v) is 15.2. The van der Waals surface area contributed by atoms with E-state index in [2.05, 4.69) is 9.97 Å². The highest BCUT2D eigenvalue weighted by Gasteiger charge is 2.08. The molecule has 3 N–H and O–H groups in total. The summed E-state index contributed by atoms with van der Waals surface area (Å²) >= 11 is 0.997. The van der Waals surface area contributed by atoms with Gasteiger partial charge in [0.1, 0.15) is 5.75 Å². The maximum Gasteiger partial charge on any atom is 0.307 e. The van der Waals surface area contributed by atoms with Crippen LogP contribution in [0.15, 0.2) is 47.4 Å². The first-order valence-electron chi connectivity index (χ1n) is 8.28. The summed E-state index contributed by atoms with van der Waals surface area (Å²) in [4.78, 5) is 28.8. The molecule has 0 radical (unpaired) electrons. The summed E-state index contributed by atoms with van der Waals surface area (Å²) in [5.41, 5.74) is 2.46. The lowest BCUT2D eigenvalue weighted by Gasteiger charge is -2.07. The summed E-state index contributed by atoms with van der Waals surface area (Å²) in [6.07, 6.45) is 2.62. The third-order valence-corrected chi connectivity index (χ3v) is 4.73. The molecule has 0 unspecified atom stereocenters. The lowest BCUT2D eigenvalue weighted by molar-refractivity contribution is -0.136. The first-order valence-corrected chi connectivity index (χ1v) is 9.09. The third kappa shape index (κ3) is 5.42. The Bertz CT molecular complexity index is 961. The average Bonchev–Trinajstić information content (AvgIpc) is 2.94. The van der Waals surface area contributed by atoms with Gasteiger partial charge in [0, 0.05) is 24.7 Å². The number of ether oxygens (including phenoxy) is 1. The fourth-order valence-electron chi connectivity index (χ4n) is 2.52. The van der Waals surface area contributed by atoms with E-state index in [9.17, 15) is 14.7 Å². The Hall–Kier alpha value is -3.13. The first-order chi connectivity index (χ1) is 13.0. The van der Waals surface area contributed by atoms with E-state index >= 15 is 0 Å². The van der Waals surface area contributed by atoms with Crippen LogP contribution in [-0.4, -0.2) is 32.8 Å². The molecule has 0 saturated heterocycles. The zero-order valence-electron chi connectivity index (χ0n) is 14.3. The Morgan fingerprint density at radius 1 is 1.15 bits per heavy atom. The van der Waals surface area contributed by atoms with E-state index in [4.69, 9.17) is 9.84 Å². The van der Waals surface area contributed by atoms with Crippen molar-refractivity contribution in [1.82, 2.24) is 9.97 Å². The van der Waals surface area contributed by atoms with Crippen LogP contribution in [0.3, 0.4) is 0 Å². The highest BCUT2D eigenvalue weighted by Crippen LogP contribution is 2.21. The number of hydrogen-bond donors (Lipinski definition) is 3. The van der Waals surface area contributed by atoms with E-state index in [-0.39, 0.29) is 17.2 Å². The number of rotatable bonds is 8. The van der Waals surface area contributed by atoms with E-state index in [1.165, 1.54) is 0 Å². The zero-order chi connectivity index (χ0) is 19.2. The molecular formula is C19H18N2O5S. The van der Waals surface area contributed by atoms with Gasteiger partial charge in [-0.25, -0.2) is 0 Å². The molecule has 0 aliphatic heterocycles. The molecule has 2 heterocycles. The Balaban J connectivity index is 1.49. The number of aromatic nitrogens is 2. The smallest absolute Gasteiger partial charge is 0.307 e.